The number of rotatable bonds is 7. The fourth-order valence-electron chi connectivity index (χ4n) is 4.09. The molecule has 1 N–H and O–H groups in total. The van der Waals surface area contributed by atoms with Crippen LogP contribution in [0.1, 0.15) is 22.2 Å². The van der Waals surface area contributed by atoms with Gasteiger partial charge in [-0.25, -0.2) is 4.98 Å². The number of nitrogens with zero attached hydrogens (tertiary/aromatic N) is 3. The molecule has 2 aromatic carbocycles. The van der Waals surface area contributed by atoms with E-state index in [1.165, 1.54) is 0 Å². The minimum atomic E-state index is 0.191. The zero-order valence-corrected chi connectivity index (χ0v) is 20.2. The molecule has 172 valence electrons. The third-order valence-electron chi connectivity index (χ3n) is 5.94. The van der Waals surface area contributed by atoms with Gasteiger partial charge in [0.15, 0.2) is 0 Å². The summed E-state index contributed by atoms with van der Waals surface area (Å²) in [7, 11) is 5.77. The third kappa shape index (κ3) is 4.41. The van der Waals surface area contributed by atoms with E-state index in [2.05, 4.69) is 33.3 Å². The molecule has 0 fully saturated rings. The van der Waals surface area contributed by atoms with Crippen LogP contribution in [0, 0.1) is 6.92 Å². The lowest BCUT2D eigenvalue weighted by molar-refractivity contribution is 0.260. The van der Waals surface area contributed by atoms with Crippen molar-refractivity contribution in [3.05, 3.63) is 52.8 Å². The molecule has 0 amide bonds. The molecule has 0 saturated carbocycles. The zero-order valence-electron chi connectivity index (χ0n) is 19.3. The molecule has 0 radical (unpaired) electrons. The highest BCUT2D eigenvalue weighted by Gasteiger charge is 2.26. The maximum Gasteiger partial charge on any atom is 0.147 e. The molecular formula is C25H28N4O3S. The molecule has 7 nitrogen and oxygen atoms in total. The second kappa shape index (κ2) is 9.03. The number of hydrogen-bond acceptors (Lipinski definition) is 7. The van der Waals surface area contributed by atoms with Gasteiger partial charge in [-0.3, -0.25) is 5.10 Å². The quantitative estimate of drug-likeness (QED) is 0.429. The first-order valence-electron chi connectivity index (χ1n) is 11.0. The van der Waals surface area contributed by atoms with Crippen LogP contribution in [-0.4, -0.2) is 61.0 Å². The number of aromatic amines is 1. The Balaban J connectivity index is 1.51. The summed E-state index contributed by atoms with van der Waals surface area (Å²) in [5, 5.41) is 8.29. The highest BCUT2D eigenvalue weighted by atomic mass is 32.1. The Morgan fingerprint density at radius 3 is 2.88 bits per heavy atom. The first kappa shape index (κ1) is 21.7. The number of aryl methyl sites for hydroxylation is 1. The van der Waals surface area contributed by atoms with Gasteiger partial charge in [0, 0.05) is 23.7 Å². The zero-order chi connectivity index (χ0) is 22.9. The second-order valence-electron chi connectivity index (χ2n) is 8.62. The molecule has 0 aliphatic carbocycles. The van der Waals surface area contributed by atoms with Crippen molar-refractivity contribution in [2.24, 2.45) is 0 Å². The average molecular weight is 465 g/mol. The number of hydrogen-bond donors (Lipinski definition) is 1. The summed E-state index contributed by atoms with van der Waals surface area (Å²) in [6.45, 7) is 4.08. The summed E-state index contributed by atoms with van der Waals surface area (Å²) in [4.78, 5) is 7.15. The number of aromatic nitrogens is 3. The Morgan fingerprint density at radius 2 is 2.12 bits per heavy atom. The van der Waals surface area contributed by atoms with Gasteiger partial charge < -0.3 is 19.1 Å². The largest absolute Gasteiger partial charge is 0.497 e. The first-order chi connectivity index (χ1) is 16.0. The van der Waals surface area contributed by atoms with Crippen LogP contribution in [-0.2, 0) is 6.42 Å². The Morgan fingerprint density at radius 1 is 1.24 bits per heavy atom. The van der Waals surface area contributed by atoms with E-state index in [9.17, 15) is 0 Å². The summed E-state index contributed by atoms with van der Waals surface area (Å²) in [6, 6.07) is 10.3. The van der Waals surface area contributed by atoms with Crippen molar-refractivity contribution in [3.63, 3.8) is 0 Å². The van der Waals surface area contributed by atoms with Crippen LogP contribution < -0.4 is 14.2 Å². The van der Waals surface area contributed by atoms with Gasteiger partial charge in [0.25, 0.3) is 0 Å². The fraction of sp³-hybridized carbons (Fsp3) is 0.360. The number of nitrogens with one attached hydrogen (secondary N) is 1. The molecule has 5 rings (SSSR count). The van der Waals surface area contributed by atoms with Crippen LogP contribution in [0.2, 0.25) is 0 Å². The smallest absolute Gasteiger partial charge is 0.147 e. The molecule has 0 bridgehead atoms. The number of fused-ring (bicyclic) bond motifs is 2. The van der Waals surface area contributed by atoms with Crippen molar-refractivity contribution >= 4 is 21.6 Å². The summed E-state index contributed by atoms with van der Waals surface area (Å²) in [5.41, 5.74) is 5.26. The number of H-pyrrole nitrogens is 1. The van der Waals surface area contributed by atoms with E-state index in [0.29, 0.717) is 13.2 Å². The van der Waals surface area contributed by atoms with Gasteiger partial charge in [0.2, 0.25) is 0 Å². The van der Waals surface area contributed by atoms with Crippen LogP contribution in [0.25, 0.3) is 21.3 Å². The lowest BCUT2D eigenvalue weighted by Gasteiger charge is -2.24. The topological polar surface area (TPSA) is 72.5 Å². The first-order valence-corrected chi connectivity index (χ1v) is 11.9. The van der Waals surface area contributed by atoms with Crippen LogP contribution in [0.4, 0.5) is 0 Å². The molecule has 1 unspecified atom stereocenters. The number of methoxy groups -OCH3 is 1. The molecule has 2 aromatic heterocycles. The molecule has 4 aromatic rings. The predicted octanol–water partition coefficient (Wildman–Crippen LogP) is 4.66. The molecule has 0 saturated heterocycles. The van der Waals surface area contributed by atoms with Gasteiger partial charge in [-0.2, -0.15) is 5.10 Å². The van der Waals surface area contributed by atoms with Crippen molar-refractivity contribution in [2.75, 3.05) is 41.0 Å². The minimum absolute atomic E-state index is 0.191. The van der Waals surface area contributed by atoms with Gasteiger partial charge in [-0.1, -0.05) is 0 Å². The molecule has 1 aliphatic heterocycles. The second-order valence-corrected chi connectivity index (χ2v) is 9.68. The molecule has 33 heavy (non-hydrogen) atoms. The molecule has 0 spiro atoms. The molecule has 1 atom stereocenters. The van der Waals surface area contributed by atoms with Crippen LogP contribution >= 0.6 is 11.3 Å². The van der Waals surface area contributed by atoms with E-state index in [-0.39, 0.29) is 5.92 Å². The Labute approximate surface area is 197 Å². The number of likely N-dealkylation sites (N-methyl/N-ethyl adjacent to an activating group) is 1. The third-order valence-corrected chi connectivity index (χ3v) is 7.10. The molecule has 1 aliphatic rings. The summed E-state index contributed by atoms with van der Waals surface area (Å²) < 4.78 is 18.8. The summed E-state index contributed by atoms with van der Waals surface area (Å²) >= 11 is 1.72. The number of benzene rings is 2. The van der Waals surface area contributed by atoms with Crippen molar-refractivity contribution in [1.29, 1.82) is 0 Å². The molecule has 8 heteroatoms. The number of thiazole rings is 1. The maximum absolute atomic E-state index is 6.22. The van der Waals surface area contributed by atoms with Crippen molar-refractivity contribution in [3.8, 4) is 28.4 Å². The van der Waals surface area contributed by atoms with E-state index in [1.54, 1.807) is 18.4 Å². The van der Waals surface area contributed by atoms with Gasteiger partial charge in [0.05, 0.1) is 24.6 Å². The van der Waals surface area contributed by atoms with Gasteiger partial charge in [-0.05, 0) is 68.9 Å². The van der Waals surface area contributed by atoms with E-state index in [4.69, 9.17) is 19.2 Å². The SMILES string of the molecule is COc1ccc2c(c1)CC(c1nc3c(OCCN(C)C)cc(-c4cn[nH]c4C)cc3s1)CO2. The highest BCUT2D eigenvalue weighted by molar-refractivity contribution is 7.18. The standard InChI is InChI=1S/C25H28N4O3S/c1-15-20(13-26-28-15)16-11-22(31-8-7-29(2)3)24-23(12-16)33-25(27-24)18-9-17-10-19(30-4)5-6-21(17)32-14-18/h5-6,10-13,18H,7-9,14H2,1-4H3,(H,26,28). The Kier molecular flexibility index (Phi) is 5.95. The normalized spacial score (nSPS) is 15.5. The maximum atomic E-state index is 6.22. The predicted molar refractivity (Wildman–Crippen MR) is 131 cm³/mol. The van der Waals surface area contributed by atoms with Crippen LogP contribution in [0.15, 0.2) is 36.5 Å². The minimum Gasteiger partial charge on any atom is -0.497 e. The molecule has 3 heterocycles. The van der Waals surface area contributed by atoms with Gasteiger partial charge >= 0.3 is 0 Å². The van der Waals surface area contributed by atoms with Crippen molar-refractivity contribution < 1.29 is 14.2 Å². The summed E-state index contributed by atoms with van der Waals surface area (Å²) in [5.74, 6) is 2.78. The van der Waals surface area contributed by atoms with Crippen molar-refractivity contribution in [1.82, 2.24) is 20.1 Å². The lowest BCUT2D eigenvalue weighted by Crippen LogP contribution is -2.19. The highest BCUT2D eigenvalue weighted by Crippen LogP contribution is 2.41. The lowest BCUT2D eigenvalue weighted by atomic mass is 9.97. The van der Waals surface area contributed by atoms with E-state index < -0.39 is 0 Å². The van der Waals surface area contributed by atoms with E-state index >= 15 is 0 Å². The Hall–Kier alpha value is -3.10. The number of ether oxygens (including phenoxy) is 3. The van der Waals surface area contributed by atoms with Crippen LogP contribution in [0.3, 0.4) is 0 Å². The monoisotopic (exact) mass is 464 g/mol. The van der Waals surface area contributed by atoms with E-state index in [1.807, 2.05) is 39.3 Å². The van der Waals surface area contributed by atoms with Crippen LogP contribution in [0.5, 0.6) is 17.2 Å². The average Bonchev–Trinajstić information content (AvgIpc) is 3.44. The fourth-order valence-corrected chi connectivity index (χ4v) is 5.20. The van der Waals surface area contributed by atoms with Gasteiger partial charge in [0.1, 0.15) is 34.4 Å². The van der Waals surface area contributed by atoms with E-state index in [0.717, 1.165) is 67.8 Å². The van der Waals surface area contributed by atoms with Crippen molar-refractivity contribution in [2.45, 2.75) is 19.3 Å². The molecular weight excluding hydrogens is 436 g/mol. The van der Waals surface area contributed by atoms with Gasteiger partial charge in [-0.15, -0.1) is 11.3 Å². The Bertz CT molecular complexity index is 1280. The summed E-state index contributed by atoms with van der Waals surface area (Å²) in [6.07, 6.45) is 2.73.